The molecule has 116 valence electrons. The van der Waals surface area contributed by atoms with Crippen LogP contribution < -0.4 is 0 Å². The molecule has 0 unspecified atom stereocenters. The van der Waals surface area contributed by atoms with E-state index < -0.39 is 0 Å². The van der Waals surface area contributed by atoms with Gasteiger partial charge in [-0.25, -0.2) is 0 Å². The van der Waals surface area contributed by atoms with Gasteiger partial charge in [-0.1, -0.05) is 18.2 Å². The molecule has 2 aromatic heterocycles. The first kappa shape index (κ1) is 13.2. The van der Waals surface area contributed by atoms with Gasteiger partial charge in [-0.3, -0.25) is 4.79 Å². The van der Waals surface area contributed by atoms with Gasteiger partial charge in [0.2, 0.25) is 0 Å². The molecule has 1 fully saturated rings. The van der Waals surface area contributed by atoms with Gasteiger partial charge in [-0.05, 0) is 18.9 Å². The van der Waals surface area contributed by atoms with Gasteiger partial charge in [0, 0.05) is 34.5 Å². The van der Waals surface area contributed by atoms with Crippen molar-refractivity contribution in [3.8, 4) is 0 Å². The molecule has 23 heavy (non-hydrogen) atoms. The molecule has 1 aliphatic carbocycles. The van der Waals surface area contributed by atoms with Crippen molar-refractivity contribution >= 4 is 27.3 Å². The average molecular weight is 324 g/mol. The molecule has 3 heterocycles. The Hall–Kier alpha value is -2.21. The van der Waals surface area contributed by atoms with Crippen molar-refractivity contribution in [3.05, 3.63) is 46.9 Å². The number of carbonyl (C=O) groups excluding carboxylic acids is 1. The summed E-state index contributed by atoms with van der Waals surface area (Å²) in [4.78, 5) is 14.8. The van der Waals surface area contributed by atoms with Crippen molar-refractivity contribution in [1.29, 1.82) is 0 Å². The second-order valence-corrected chi connectivity index (χ2v) is 7.18. The van der Waals surface area contributed by atoms with Crippen molar-refractivity contribution in [1.82, 2.24) is 19.7 Å². The Kier molecular flexibility index (Phi) is 2.82. The van der Waals surface area contributed by atoms with Gasteiger partial charge >= 0.3 is 0 Å². The molecule has 1 aromatic carbocycles. The first-order chi connectivity index (χ1) is 11.3. The molecule has 0 saturated heterocycles. The number of aromatic nitrogens is 3. The van der Waals surface area contributed by atoms with E-state index in [1.165, 1.54) is 12.8 Å². The van der Waals surface area contributed by atoms with Gasteiger partial charge in [0.15, 0.2) is 5.82 Å². The van der Waals surface area contributed by atoms with Crippen molar-refractivity contribution in [2.75, 3.05) is 6.54 Å². The summed E-state index contributed by atoms with van der Waals surface area (Å²) >= 11 is 1.63. The lowest BCUT2D eigenvalue weighted by Gasteiger charge is -2.27. The summed E-state index contributed by atoms with van der Waals surface area (Å²) in [5.41, 5.74) is 0.806. The highest BCUT2D eigenvalue weighted by Crippen LogP contribution is 2.39. The van der Waals surface area contributed by atoms with Crippen molar-refractivity contribution in [2.24, 2.45) is 0 Å². The van der Waals surface area contributed by atoms with Gasteiger partial charge in [-0.15, -0.1) is 21.5 Å². The van der Waals surface area contributed by atoms with E-state index >= 15 is 0 Å². The summed E-state index contributed by atoms with van der Waals surface area (Å²) in [6.45, 7) is 2.10. The molecule has 0 N–H and O–H groups in total. The molecule has 0 radical (unpaired) electrons. The zero-order chi connectivity index (χ0) is 15.4. The van der Waals surface area contributed by atoms with Crippen LogP contribution >= 0.6 is 11.3 Å². The Bertz CT molecular complexity index is 908. The maximum atomic E-state index is 12.9. The molecule has 3 aromatic rings. The quantitative estimate of drug-likeness (QED) is 0.728. The normalized spacial score (nSPS) is 17.5. The number of hydrogen-bond donors (Lipinski definition) is 0. The predicted molar refractivity (Wildman–Crippen MR) is 88.6 cm³/mol. The minimum absolute atomic E-state index is 0.102. The largest absolute Gasteiger partial charge is 0.329 e. The maximum absolute atomic E-state index is 12.9. The number of fused-ring (bicyclic) bond motifs is 2. The van der Waals surface area contributed by atoms with E-state index in [0.717, 1.165) is 40.4 Å². The molecule has 1 aliphatic heterocycles. The highest BCUT2D eigenvalue weighted by atomic mass is 32.1. The van der Waals surface area contributed by atoms with E-state index in [1.54, 1.807) is 11.3 Å². The van der Waals surface area contributed by atoms with E-state index in [9.17, 15) is 4.79 Å². The van der Waals surface area contributed by atoms with E-state index in [0.29, 0.717) is 12.5 Å². The van der Waals surface area contributed by atoms with Crippen LogP contribution in [0.25, 0.3) is 10.1 Å². The number of thiophene rings is 1. The second kappa shape index (κ2) is 4.89. The Morgan fingerprint density at radius 3 is 2.91 bits per heavy atom. The molecule has 1 saturated carbocycles. The van der Waals surface area contributed by atoms with Gasteiger partial charge < -0.3 is 9.47 Å². The topological polar surface area (TPSA) is 51.0 Å². The number of carbonyl (C=O) groups is 1. The van der Waals surface area contributed by atoms with Crippen LogP contribution in [0.5, 0.6) is 0 Å². The van der Waals surface area contributed by atoms with E-state index in [1.807, 2.05) is 28.5 Å². The molecule has 0 spiro atoms. The summed E-state index contributed by atoms with van der Waals surface area (Å²) in [6.07, 6.45) is 2.45. The predicted octanol–water partition coefficient (Wildman–Crippen LogP) is 3.03. The van der Waals surface area contributed by atoms with Crippen LogP contribution in [0.2, 0.25) is 0 Å². The molecule has 0 bridgehead atoms. The van der Waals surface area contributed by atoms with Crippen LogP contribution in [-0.4, -0.2) is 32.1 Å². The smallest absolute Gasteiger partial charge is 0.255 e. The van der Waals surface area contributed by atoms with Gasteiger partial charge in [0.25, 0.3) is 5.91 Å². The zero-order valence-electron chi connectivity index (χ0n) is 12.6. The molecule has 5 rings (SSSR count). The molecule has 1 amide bonds. The van der Waals surface area contributed by atoms with Crippen LogP contribution in [0.1, 0.15) is 40.8 Å². The van der Waals surface area contributed by atoms with Gasteiger partial charge in [0.1, 0.15) is 5.82 Å². The molecule has 0 atom stereocenters. The number of benzene rings is 1. The Morgan fingerprint density at radius 1 is 1.17 bits per heavy atom. The lowest BCUT2D eigenvalue weighted by molar-refractivity contribution is 0.0709. The summed E-state index contributed by atoms with van der Waals surface area (Å²) in [5, 5.41) is 11.7. The highest BCUT2D eigenvalue weighted by molar-refractivity contribution is 7.17. The van der Waals surface area contributed by atoms with Crippen LogP contribution in [0.15, 0.2) is 29.6 Å². The second-order valence-electron chi connectivity index (χ2n) is 6.27. The third-order valence-corrected chi connectivity index (χ3v) is 5.69. The first-order valence-corrected chi connectivity index (χ1v) is 8.87. The average Bonchev–Trinajstić information content (AvgIpc) is 3.20. The molecule has 2 aliphatic rings. The van der Waals surface area contributed by atoms with Gasteiger partial charge in [0.05, 0.1) is 12.1 Å². The minimum Gasteiger partial charge on any atom is -0.329 e. The van der Waals surface area contributed by atoms with Crippen LogP contribution in [0, 0.1) is 0 Å². The monoisotopic (exact) mass is 324 g/mol. The van der Waals surface area contributed by atoms with Crippen molar-refractivity contribution < 1.29 is 4.79 Å². The fraction of sp³-hybridized carbons (Fsp3) is 0.353. The molecular weight excluding hydrogens is 308 g/mol. The SMILES string of the molecule is O=C(c1csc2ccccc12)N1CCn2c(nnc2C2CC2)C1. The molecule has 5 nitrogen and oxygen atoms in total. The van der Waals surface area contributed by atoms with Crippen LogP contribution in [-0.2, 0) is 13.1 Å². The van der Waals surface area contributed by atoms with Crippen LogP contribution in [0.3, 0.4) is 0 Å². The standard InChI is InChI=1S/C17H16N4OS/c22-17(13-10-23-14-4-2-1-3-12(13)14)20-7-8-21-15(9-20)18-19-16(21)11-5-6-11/h1-4,10-11H,5-9H2. The highest BCUT2D eigenvalue weighted by Gasteiger charge is 2.33. The number of nitrogens with zero attached hydrogens (tertiary/aromatic N) is 4. The van der Waals surface area contributed by atoms with Crippen molar-refractivity contribution in [3.63, 3.8) is 0 Å². The number of rotatable bonds is 2. The van der Waals surface area contributed by atoms with E-state index in [2.05, 4.69) is 20.8 Å². The maximum Gasteiger partial charge on any atom is 0.255 e. The third-order valence-electron chi connectivity index (χ3n) is 4.72. The van der Waals surface area contributed by atoms with E-state index in [4.69, 9.17) is 0 Å². The van der Waals surface area contributed by atoms with Crippen molar-refractivity contribution in [2.45, 2.75) is 31.8 Å². The minimum atomic E-state index is 0.102. The fourth-order valence-electron chi connectivity index (χ4n) is 3.31. The van der Waals surface area contributed by atoms with Gasteiger partial charge in [-0.2, -0.15) is 0 Å². The summed E-state index contributed by atoms with van der Waals surface area (Å²) in [7, 11) is 0. The Balaban J connectivity index is 1.45. The number of hydrogen-bond acceptors (Lipinski definition) is 4. The Labute approximate surface area is 137 Å². The fourth-order valence-corrected chi connectivity index (χ4v) is 4.25. The number of amides is 1. The van der Waals surface area contributed by atoms with Crippen LogP contribution in [0.4, 0.5) is 0 Å². The molecule has 6 heteroatoms. The lowest BCUT2D eigenvalue weighted by Crippen LogP contribution is -2.38. The first-order valence-electron chi connectivity index (χ1n) is 7.99. The summed E-state index contributed by atoms with van der Waals surface area (Å²) in [5.74, 6) is 2.74. The van der Waals surface area contributed by atoms with E-state index in [-0.39, 0.29) is 5.91 Å². The summed E-state index contributed by atoms with van der Waals surface area (Å²) in [6, 6.07) is 8.08. The lowest BCUT2D eigenvalue weighted by atomic mass is 10.1. The summed E-state index contributed by atoms with van der Waals surface area (Å²) < 4.78 is 3.37. The molecular formula is C17H16N4OS. The Morgan fingerprint density at radius 2 is 2.04 bits per heavy atom. The third kappa shape index (κ3) is 2.09. The zero-order valence-corrected chi connectivity index (χ0v) is 13.4.